The lowest BCUT2D eigenvalue weighted by Crippen LogP contribution is -2.65. The maximum Gasteiger partial charge on any atom is 0.246 e. The zero-order valence-electron chi connectivity index (χ0n) is 23.0. The van der Waals surface area contributed by atoms with E-state index in [4.69, 9.17) is 9.47 Å². The van der Waals surface area contributed by atoms with Crippen molar-refractivity contribution >= 4 is 22.7 Å². The first-order valence-electron chi connectivity index (χ1n) is 14.4. The molecular formula is C33H32N4O4. The molecule has 1 N–H and O–H groups in total. The van der Waals surface area contributed by atoms with E-state index in [0.29, 0.717) is 17.9 Å². The van der Waals surface area contributed by atoms with Crippen LogP contribution in [0.3, 0.4) is 0 Å². The van der Waals surface area contributed by atoms with Gasteiger partial charge < -0.3 is 24.3 Å². The quantitative estimate of drug-likeness (QED) is 0.414. The van der Waals surface area contributed by atoms with Crippen LogP contribution in [-0.4, -0.2) is 70.0 Å². The van der Waals surface area contributed by atoms with Crippen molar-refractivity contribution < 1.29 is 19.1 Å². The molecule has 4 aliphatic heterocycles. The minimum atomic E-state index is -0.552. The highest BCUT2D eigenvalue weighted by atomic mass is 16.7. The predicted octanol–water partition coefficient (Wildman–Crippen LogP) is 4.16. The van der Waals surface area contributed by atoms with E-state index in [9.17, 15) is 9.59 Å². The van der Waals surface area contributed by atoms with Crippen LogP contribution in [0.4, 0.5) is 0 Å². The van der Waals surface area contributed by atoms with Crippen LogP contribution in [0.2, 0.25) is 0 Å². The van der Waals surface area contributed by atoms with Crippen molar-refractivity contribution in [2.24, 2.45) is 0 Å². The zero-order valence-corrected chi connectivity index (χ0v) is 23.0. The summed E-state index contributed by atoms with van der Waals surface area (Å²) in [6.07, 6.45) is 1.38. The Hall–Kier alpha value is -4.30. The molecule has 2 saturated heterocycles. The SMILES string of the molecule is Cc1ccccc1CN1CC[C@H](N2CC(=O)N3[C@H](c4ccc5c(c4)OCO5)c4[nH]c5ccccc5c4C[C@@H]3C2=O)C1. The summed E-state index contributed by atoms with van der Waals surface area (Å²) in [4.78, 5) is 38.1. The number of carbonyl (C=O) groups is 2. The number of nitrogens with one attached hydrogen (secondary N) is 1. The minimum Gasteiger partial charge on any atom is -0.454 e. The summed E-state index contributed by atoms with van der Waals surface area (Å²) in [6, 6.07) is 21.6. The van der Waals surface area contributed by atoms with Crippen molar-refractivity contribution in [1.29, 1.82) is 0 Å². The largest absolute Gasteiger partial charge is 0.454 e. The van der Waals surface area contributed by atoms with Gasteiger partial charge in [-0.05, 0) is 53.8 Å². The van der Waals surface area contributed by atoms with Crippen molar-refractivity contribution in [2.75, 3.05) is 26.4 Å². The molecule has 1 aromatic heterocycles. The Kier molecular flexibility index (Phi) is 5.60. The summed E-state index contributed by atoms with van der Waals surface area (Å²) in [5, 5.41) is 1.11. The monoisotopic (exact) mass is 548 g/mol. The first-order chi connectivity index (χ1) is 20.0. The second-order valence-electron chi connectivity index (χ2n) is 11.7. The van der Waals surface area contributed by atoms with Crippen molar-refractivity contribution in [3.63, 3.8) is 0 Å². The Bertz CT molecular complexity index is 1700. The molecule has 4 aromatic rings. The molecule has 0 spiro atoms. The van der Waals surface area contributed by atoms with E-state index in [0.717, 1.165) is 53.8 Å². The maximum atomic E-state index is 14.3. The van der Waals surface area contributed by atoms with Gasteiger partial charge in [0.1, 0.15) is 12.6 Å². The highest BCUT2D eigenvalue weighted by Gasteiger charge is 2.50. The highest BCUT2D eigenvalue weighted by Crippen LogP contribution is 2.45. The Morgan fingerprint density at radius 1 is 0.976 bits per heavy atom. The summed E-state index contributed by atoms with van der Waals surface area (Å²) < 4.78 is 11.2. The molecule has 8 rings (SSSR count). The van der Waals surface area contributed by atoms with Gasteiger partial charge in [-0.15, -0.1) is 0 Å². The molecule has 0 bridgehead atoms. The molecule has 4 aliphatic rings. The molecule has 0 aliphatic carbocycles. The van der Waals surface area contributed by atoms with Crippen LogP contribution in [0, 0.1) is 6.92 Å². The Morgan fingerprint density at radius 2 is 1.80 bits per heavy atom. The number of fused-ring (bicyclic) bond motifs is 5. The predicted molar refractivity (Wildman–Crippen MR) is 154 cm³/mol. The fourth-order valence-corrected chi connectivity index (χ4v) is 7.26. The number of aromatic amines is 1. The van der Waals surface area contributed by atoms with E-state index >= 15 is 0 Å². The number of hydrogen-bond donors (Lipinski definition) is 1. The van der Waals surface area contributed by atoms with Crippen LogP contribution >= 0.6 is 0 Å². The Balaban J connectivity index is 1.13. The third-order valence-electron chi connectivity index (χ3n) is 9.35. The molecule has 0 saturated carbocycles. The van der Waals surface area contributed by atoms with Crippen molar-refractivity contribution in [2.45, 2.75) is 44.4 Å². The van der Waals surface area contributed by atoms with Gasteiger partial charge in [-0.1, -0.05) is 48.5 Å². The van der Waals surface area contributed by atoms with Crippen LogP contribution in [0.1, 0.15) is 40.4 Å². The molecule has 2 fully saturated rings. The van der Waals surface area contributed by atoms with Gasteiger partial charge in [-0.2, -0.15) is 0 Å². The molecule has 0 radical (unpaired) electrons. The van der Waals surface area contributed by atoms with Crippen molar-refractivity contribution in [3.8, 4) is 11.5 Å². The lowest BCUT2D eigenvalue weighted by atomic mass is 9.85. The second-order valence-corrected chi connectivity index (χ2v) is 11.7. The number of H-pyrrole nitrogens is 1. The summed E-state index contributed by atoms with van der Waals surface area (Å²) in [6.45, 7) is 4.99. The van der Waals surface area contributed by atoms with Crippen molar-refractivity contribution in [1.82, 2.24) is 19.7 Å². The maximum absolute atomic E-state index is 14.3. The number of hydrogen-bond acceptors (Lipinski definition) is 5. The third-order valence-corrected chi connectivity index (χ3v) is 9.35. The van der Waals surface area contributed by atoms with Gasteiger partial charge in [-0.3, -0.25) is 14.5 Å². The fourth-order valence-electron chi connectivity index (χ4n) is 7.26. The topological polar surface area (TPSA) is 78.1 Å². The van der Waals surface area contributed by atoms with E-state index in [-0.39, 0.29) is 31.2 Å². The van der Waals surface area contributed by atoms with Crippen molar-refractivity contribution in [3.05, 3.63) is 94.7 Å². The molecule has 41 heavy (non-hydrogen) atoms. The van der Waals surface area contributed by atoms with Crippen LogP contribution in [0.15, 0.2) is 66.7 Å². The number of aryl methyl sites for hydroxylation is 1. The van der Waals surface area contributed by atoms with E-state index in [2.05, 4.69) is 53.2 Å². The lowest BCUT2D eigenvalue weighted by molar-refractivity contribution is -0.160. The number of rotatable bonds is 4. The van der Waals surface area contributed by atoms with Crippen LogP contribution in [-0.2, 0) is 22.6 Å². The van der Waals surface area contributed by atoms with E-state index < -0.39 is 12.1 Å². The van der Waals surface area contributed by atoms with Gasteiger partial charge in [0.15, 0.2) is 11.5 Å². The minimum absolute atomic E-state index is 0.0149. The average molecular weight is 549 g/mol. The van der Waals surface area contributed by atoms with Gasteiger partial charge in [0.25, 0.3) is 0 Å². The van der Waals surface area contributed by atoms with Gasteiger partial charge in [0, 0.05) is 48.7 Å². The number of benzene rings is 3. The summed E-state index contributed by atoms with van der Waals surface area (Å²) in [7, 11) is 0. The van der Waals surface area contributed by atoms with Gasteiger partial charge >= 0.3 is 0 Å². The summed E-state index contributed by atoms with van der Waals surface area (Å²) >= 11 is 0. The average Bonchev–Trinajstić information content (AvgIpc) is 3.73. The Morgan fingerprint density at radius 3 is 2.71 bits per heavy atom. The first-order valence-corrected chi connectivity index (χ1v) is 14.4. The number of likely N-dealkylation sites (tertiary alicyclic amines) is 1. The normalized spacial score (nSPS) is 23.8. The van der Waals surface area contributed by atoms with E-state index in [1.807, 2.05) is 40.1 Å². The van der Waals surface area contributed by atoms with Gasteiger partial charge in [0.05, 0.1) is 6.04 Å². The molecule has 2 amide bonds. The van der Waals surface area contributed by atoms with Gasteiger partial charge in [-0.25, -0.2) is 0 Å². The third kappa shape index (κ3) is 3.92. The van der Waals surface area contributed by atoms with Gasteiger partial charge in [0.2, 0.25) is 18.6 Å². The number of carbonyl (C=O) groups excluding carboxylic acids is 2. The number of amides is 2. The number of para-hydroxylation sites is 1. The highest BCUT2D eigenvalue weighted by molar-refractivity contribution is 5.98. The van der Waals surface area contributed by atoms with E-state index in [1.165, 1.54) is 11.1 Å². The molecule has 3 atom stereocenters. The standard InChI is InChI=1S/C33H32N4O4/c1-20-6-2-3-7-22(20)16-35-13-12-23(17-35)36-18-30(38)37-27(33(36)39)15-25-24-8-4-5-9-26(24)34-31(25)32(37)21-10-11-28-29(14-21)41-19-40-28/h2-11,14,23,27,32,34H,12-13,15-19H2,1H3/t23-,27+,32+/m0/s1. The summed E-state index contributed by atoms with van der Waals surface area (Å²) in [5.41, 5.74) is 6.60. The molecule has 8 heteroatoms. The van der Waals surface area contributed by atoms with Crippen LogP contribution < -0.4 is 9.47 Å². The molecule has 5 heterocycles. The molecule has 0 unspecified atom stereocenters. The zero-order chi connectivity index (χ0) is 27.7. The molecule has 208 valence electrons. The Labute approximate surface area is 238 Å². The lowest BCUT2D eigenvalue weighted by Gasteiger charge is -2.48. The molecular weight excluding hydrogens is 516 g/mol. The number of ether oxygens (including phenoxy) is 2. The van der Waals surface area contributed by atoms with Crippen LogP contribution in [0.25, 0.3) is 10.9 Å². The number of piperazine rings is 1. The second kappa shape index (κ2) is 9.38. The number of aromatic nitrogens is 1. The molecule has 8 nitrogen and oxygen atoms in total. The summed E-state index contributed by atoms with van der Waals surface area (Å²) in [5.74, 6) is 1.40. The fraction of sp³-hybridized carbons (Fsp3) is 0.333. The first kappa shape index (κ1) is 24.5. The van der Waals surface area contributed by atoms with Crippen LogP contribution in [0.5, 0.6) is 11.5 Å². The smallest absolute Gasteiger partial charge is 0.246 e. The molecule has 3 aromatic carbocycles. The van der Waals surface area contributed by atoms with E-state index in [1.54, 1.807) is 0 Å². The number of nitrogens with zero attached hydrogens (tertiary/aromatic N) is 3.